The van der Waals surface area contributed by atoms with Gasteiger partial charge < -0.3 is 4.90 Å². The summed E-state index contributed by atoms with van der Waals surface area (Å²) < 4.78 is 0.994. The molecule has 82 valence electrons. The summed E-state index contributed by atoms with van der Waals surface area (Å²) in [6, 6.07) is 12.4. The summed E-state index contributed by atoms with van der Waals surface area (Å²) >= 11 is 3.38. The largest absolute Gasteiger partial charge is 0.329 e. The van der Waals surface area contributed by atoms with Crippen molar-refractivity contribution in [3.05, 3.63) is 52.6 Å². The smallest absolute Gasteiger partial charge is 0.132 e. The summed E-state index contributed by atoms with van der Waals surface area (Å²) in [5.41, 5.74) is 2.40. The Bertz CT molecular complexity index is 480. The number of anilines is 2. The third-order valence-corrected chi connectivity index (χ3v) is 2.91. The lowest BCUT2D eigenvalue weighted by molar-refractivity contribution is 1.12. The second-order valence-electron chi connectivity index (χ2n) is 3.73. The predicted molar refractivity (Wildman–Crippen MR) is 71.2 cm³/mol. The van der Waals surface area contributed by atoms with Crippen LogP contribution in [0.4, 0.5) is 11.5 Å². The topological polar surface area (TPSA) is 16.1 Å². The maximum absolute atomic E-state index is 4.36. The Morgan fingerprint density at radius 2 is 2.00 bits per heavy atom. The van der Waals surface area contributed by atoms with Crippen molar-refractivity contribution in [2.75, 3.05) is 11.9 Å². The Balaban J connectivity index is 2.31. The zero-order valence-electron chi connectivity index (χ0n) is 9.31. The van der Waals surface area contributed by atoms with Crippen LogP contribution in [0.15, 0.2) is 47.1 Å². The molecule has 0 saturated heterocycles. The first kappa shape index (κ1) is 11.1. The average molecular weight is 277 g/mol. The van der Waals surface area contributed by atoms with Crippen LogP contribution < -0.4 is 4.90 Å². The molecule has 0 saturated carbocycles. The molecule has 0 amide bonds. The number of hydrogen-bond acceptors (Lipinski definition) is 2. The number of halogens is 1. The zero-order chi connectivity index (χ0) is 11.5. The van der Waals surface area contributed by atoms with E-state index in [1.807, 2.05) is 25.4 Å². The van der Waals surface area contributed by atoms with Crippen molar-refractivity contribution < 1.29 is 0 Å². The fraction of sp³-hybridized carbons (Fsp3) is 0.154. The molecule has 0 aliphatic carbocycles. The summed E-state index contributed by atoms with van der Waals surface area (Å²) in [7, 11) is 2.02. The van der Waals surface area contributed by atoms with Crippen LogP contribution in [-0.4, -0.2) is 12.0 Å². The van der Waals surface area contributed by atoms with Crippen molar-refractivity contribution in [1.29, 1.82) is 0 Å². The van der Waals surface area contributed by atoms with E-state index < -0.39 is 0 Å². The molecule has 2 rings (SSSR count). The SMILES string of the molecule is Cc1cccc(N(C)c2ccc(Br)cn2)c1. The van der Waals surface area contributed by atoms with Gasteiger partial charge in [-0.15, -0.1) is 0 Å². The van der Waals surface area contributed by atoms with Crippen LogP contribution in [0.3, 0.4) is 0 Å². The third kappa shape index (κ3) is 2.42. The molecule has 0 radical (unpaired) electrons. The number of rotatable bonds is 2. The number of hydrogen-bond donors (Lipinski definition) is 0. The van der Waals surface area contributed by atoms with Crippen molar-refractivity contribution in [3.8, 4) is 0 Å². The van der Waals surface area contributed by atoms with Crippen molar-refractivity contribution in [1.82, 2.24) is 4.98 Å². The van der Waals surface area contributed by atoms with Gasteiger partial charge in [-0.3, -0.25) is 0 Å². The molecule has 2 nitrogen and oxygen atoms in total. The van der Waals surface area contributed by atoms with Gasteiger partial charge in [-0.1, -0.05) is 12.1 Å². The maximum atomic E-state index is 4.36. The summed E-state index contributed by atoms with van der Waals surface area (Å²) in [4.78, 5) is 6.43. The zero-order valence-corrected chi connectivity index (χ0v) is 10.9. The number of pyridine rings is 1. The molecule has 1 aromatic carbocycles. The Labute approximate surface area is 104 Å². The van der Waals surface area contributed by atoms with E-state index in [0.717, 1.165) is 16.0 Å². The highest BCUT2D eigenvalue weighted by atomic mass is 79.9. The maximum Gasteiger partial charge on any atom is 0.132 e. The van der Waals surface area contributed by atoms with E-state index in [1.54, 1.807) is 0 Å². The third-order valence-electron chi connectivity index (χ3n) is 2.44. The van der Waals surface area contributed by atoms with E-state index >= 15 is 0 Å². The molecule has 1 heterocycles. The van der Waals surface area contributed by atoms with Gasteiger partial charge in [0.2, 0.25) is 0 Å². The fourth-order valence-electron chi connectivity index (χ4n) is 1.54. The highest BCUT2D eigenvalue weighted by Gasteiger charge is 2.04. The van der Waals surface area contributed by atoms with Crippen LogP contribution in [0.1, 0.15) is 5.56 Å². The Kier molecular flexibility index (Phi) is 3.25. The first-order chi connectivity index (χ1) is 7.66. The van der Waals surface area contributed by atoms with E-state index in [-0.39, 0.29) is 0 Å². The second-order valence-corrected chi connectivity index (χ2v) is 4.65. The van der Waals surface area contributed by atoms with Gasteiger partial charge in [0, 0.05) is 23.4 Å². The molecule has 0 fully saturated rings. The summed E-state index contributed by atoms with van der Waals surface area (Å²) in [6.45, 7) is 2.09. The molecular formula is C13H13BrN2. The highest BCUT2D eigenvalue weighted by molar-refractivity contribution is 9.10. The molecule has 0 aliphatic heterocycles. The van der Waals surface area contributed by atoms with Gasteiger partial charge in [0.15, 0.2) is 0 Å². The lowest BCUT2D eigenvalue weighted by Gasteiger charge is -2.18. The molecule has 0 aliphatic rings. The van der Waals surface area contributed by atoms with E-state index in [0.29, 0.717) is 0 Å². The first-order valence-electron chi connectivity index (χ1n) is 5.09. The molecule has 16 heavy (non-hydrogen) atoms. The van der Waals surface area contributed by atoms with Crippen molar-refractivity contribution in [2.45, 2.75) is 6.92 Å². The van der Waals surface area contributed by atoms with Gasteiger partial charge in [0.1, 0.15) is 5.82 Å². The van der Waals surface area contributed by atoms with E-state index in [4.69, 9.17) is 0 Å². The monoisotopic (exact) mass is 276 g/mol. The molecule has 0 bridgehead atoms. The van der Waals surface area contributed by atoms with Gasteiger partial charge in [-0.25, -0.2) is 4.98 Å². The standard InChI is InChI=1S/C13H13BrN2/c1-10-4-3-5-12(8-10)16(2)13-7-6-11(14)9-15-13/h3-9H,1-2H3. The van der Waals surface area contributed by atoms with Gasteiger partial charge >= 0.3 is 0 Å². The molecule has 0 spiro atoms. The lowest BCUT2D eigenvalue weighted by Crippen LogP contribution is -2.10. The van der Waals surface area contributed by atoms with E-state index in [2.05, 4.69) is 57.0 Å². The first-order valence-corrected chi connectivity index (χ1v) is 5.88. The molecular weight excluding hydrogens is 264 g/mol. The van der Waals surface area contributed by atoms with Crippen LogP contribution in [-0.2, 0) is 0 Å². The van der Waals surface area contributed by atoms with Crippen LogP contribution in [0.25, 0.3) is 0 Å². The van der Waals surface area contributed by atoms with Crippen LogP contribution in [0.2, 0.25) is 0 Å². The molecule has 2 aromatic rings. The number of nitrogens with zero attached hydrogens (tertiary/aromatic N) is 2. The summed E-state index contributed by atoms with van der Waals surface area (Å²) in [6.07, 6.45) is 1.81. The molecule has 1 aromatic heterocycles. The Hall–Kier alpha value is -1.35. The minimum atomic E-state index is 0.939. The molecule has 0 atom stereocenters. The van der Waals surface area contributed by atoms with Gasteiger partial charge in [-0.05, 0) is 52.7 Å². The van der Waals surface area contributed by atoms with Crippen LogP contribution >= 0.6 is 15.9 Å². The van der Waals surface area contributed by atoms with Crippen molar-refractivity contribution >= 4 is 27.4 Å². The highest BCUT2D eigenvalue weighted by Crippen LogP contribution is 2.23. The molecule has 3 heteroatoms. The molecule has 0 unspecified atom stereocenters. The minimum Gasteiger partial charge on any atom is -0.329 e. The lowest BCUT2D eigenvalue weighted by atomic mass is 10.2. The molecule has 0 N–H and O–H groups in total. The Morgan fingerprint density at radius 3 is 2.62 bits per heavy atom. The number of aryl methyl sites for hydroxylation is 1. The minimum absolute atomic E-state index is 0.939. The normalized spacial score (nSPS) is 10.2. The number of aromatic nitrogens is 1. The van der Waals surface area contributed by atoms with Gasteiger partial charge in [0.05, 0.1) is 0 Å². The quantitative estimate of drug-likeness (QED) is 0.827. The fourth-order valence-corrected chi connectivity index (χ4v) is 1.77. The average Bonchev–Trinajstić information content (AvgIpc) is 2.29. The summed E-state index contributed by atoms with van der Waals surface area (Å²) in [5.74, 6) is 0.939. The van der Waals surface area contributed by atoms with Crippen molar-refractivity contribution in [2.24, 2.45) is 0 Å². The second kappa shape index (κ2) is 4.66. The number of benzene rings is 1. The Morgan fingerprint density at radius 1 is 1.19 bits per heavy atom. The van der Waals surface area contributed by atoms with E-state index in [9.17, 15) is 0 Å². The van der Waals surface area contributed by atoms with Gasteiger partial charge in [0.25, 0.3) is 0 Å². The van der Waals surface area contributed by atoms with Crippen LogP contribution in [0, 0.1) is 6.92 Å². The van der Waals surface area contributed by atoms with Gasteiger partial charge in [-0.2, -0.15) is 0 Å². The van der Waals surface area contributed by atoms with Crippen molar-refractivity contribution in [3.63, 3.8) is 0 Å². The predicted octanol–water partition coefficient (Wildman–Crippen LogP) is 3.92. The summed E-state index contributed by atoms with van der Waals surface area (Å²) in [5, 5.41) is 0. The van der Waals surface area contributed by atoms with Crippen LogP contribution in [0.5, 0.6) is 0 Å². The van der Waals surface area contributed by atoms with E-state index in [1.165, 1.54) is 5.56 Å².